The fraction of sp³-hybridized carbons (Fsp3) is 0.848. The van der Waals surface area contributed by atoms with Crippen molar-refractivity contribution in [2.24, 2.45) is 11.8 Å². The molecule has 0 aromatic rings. The van der Waals surface area contributed by atoms with E-state index < -0.39 is 42.5 Å². The molecular weight excluding hydrogens is 552 g/mol. The lowest BCUT2D eigenvalue weighted by atomic mass is 9.99. The maximum absolute atomic E-state index is 13.0. The second kappa shape index (κ2) is 21.7. The highest BCUT2D eigenvalue weighted by Crippen LogP contribution is 2.18. The number of nitrogens with one attached hydrogen (secondary N) is 1. The SMILES string of the molecule is CCC(C)CCCCCCCCCCC(=O)O[C@H]1CC[C@H](NC(=O)[C@H](OC)[C@H](O)[C@@H](O)[C@H](O)/C=C/C(C)C)C(=O)N(C)C1. The highest BCUT2D eigenvalue weighted by atomic mass is 16.5. The van der Waals surface area contributed by atoms with E-state index >= 15 is 0 Å². The van der Waals surface area contributed by atoms with Crippen molar-refractivity contribution in [2.75, 3.05) is 20.7 Å². The molecule has 1 aliphatic rings. The van der Waals surface area contributed by atoms with Crippen molar-refractivity contribution in [1.82, 2.24) is 10.2 Å². The van der Waals surface area contributed by atoms with E-state index in [2.05, 4.69) is 19.2 Å². The van der Waals surface area contributed by atoms with Gasteiger partial charge in [0.25, 0.3) is 5.91 Å². The first-order valence-electron chi connectivity index (χ1n) is 16.4. The van der Waals surface area contributed by atoms with Crippen LogP contribution in [0.5, 0.6) is 0 Å². The number of carbonyl (C=O) groups excluding carboxylic acids is 3. The van der Waals surface area contributed by atoms with Gasteiger partial charge in [-0.3, -0.25) is 14.4 Å². The van der Waals surface area contributed by atoms with E-state index in [0.717, 1.165) is 25.2 Å². The van der Waals surface area contributed by atoms with Crippen molar-refractivity contribution < 1.29 is 39.2 Å². The van der Waals surface area contributed by atoms with Gasteiger partial charge in [-0.15, -0.1) is 0 Å². The summed E-state index contributed by atoms with van der Waals surface area (Å²) < 4.78 is 10.8. The molecule has 43 heavy (non-hydrogen) atoms. The molecule has 0 aliphatic carbocycles. The number of likely N-dealkylation sites (tertiary alicyclic amines) is 1. The Labute approximate surface area is 259 Å². The summed E-state index contributed by atoms with van der Waals surface area (Å²) in [4.78, 5) is 39.8. The van der Waals surface area contributed by atoms with E-state index in [4.69, 9.17) is 9.47 Å². The minimum Gasteiger partial charge on any atom is -0.460 e. The average Bonchev–Trinajstić information content (AvgIpc) is 3.09. The van der Waals surface area contributed by atoms with Gasteiger partial charge in [-0.25, -0.2) is 0 Å². The van der Waals surface area contributed by atoms with Crippen LogP contribution in [0.3, 0.4) is 0 Å². The largest absolute Gasteiger partial charge is 0.460 e. The van der Waals surface area contributed by atoms with E-state index in [0.29, 0.717) is 12.8 Å². The summed E-state index contributed by atoms with van der Waals surface area (Å²) in [5, 5.41) is 33.6. The summed E-state index contributed by atoms with van der Waals surface area (Å²) in [7, 11) is 2.78. The first-order chi connectivity index (χ1) is 20.4. The molecule has 0 bridgehead atoms. The summed E-state index contributed by atoms with van der Waals surface area (Å²) in [6, 6.07) is -0.913. The summed E-state index contributed by atoms with van der Waals surface area (Å²) in [5.41, 5.74) is 0. The molecule has 10 heteroatoms. The van der Waals surface area contributed by atoms with Crippen molar-refractivity contribution in [3.05, 3.63) is 12.2 Å². The molecule has 1 fully saturated rings. The molecule has 7 atom stereocenters. The number of nitrogens with zero attached hydrogens (tertiary/aromatic N) is 1. The highest BCUT2D eigenvalue weighted by Gasteiger charge is 2.38. The van der Waals surface area contributed by atoms with Gasteiger partial charge in [0.1, 0.15) is 30.5 Å². The number of carbonyl (C=O) groups is 3. The normalized spacial score (nSPS) is 21.3. The molecule has 0 aromatic heterocycles. The van der Waals surface area contributed by atoms with Crippen LogP contribution in [0.25, 0.3) is 0 Å². The van der Waals surface area contributed by atoms with Gasteiger partial charge in [0.15, 0.2) is 6.10 Å². The summed E-state index contributed by atoms with van der Waals surface area (Å²) in [6.07, 6.45) is 8.98. The van der Waals surface area contributed by atoms with Gasteiger partial charge in [0.05, 0.1) is 6.54 Å². The first-order valence-corrected chi connectivity index (χ1v) is 16.4. The maximum atomic E-state index is 13.0. The van der Waals surface area contributed by atoms with Crippen molar-refractivity contribution in [1.29, 1.82) is 0 Å². The van der Waals surface area contributed by atoms with Gasteiger partial charge in [-0.2, -0.15) is 0 Å². The third kappa shape index (κ3) is 15.5. The van der Waals surface area contributed by atoms with Gasteiger partial charge in [-0.1, -0.05) is 97.6 Å². The number of hydrogen-bond acceptors (Lipinski definition) is 8. The predicted molar refractivity (Wildman–Crippen MR) is 167 cm³/mol. The first kappa shape index (κ1) is 39.0. The zero-order chi connectivity index (χ0) is 32.4. The van der Waals surface area contributed by atoms with Gasteiger partial charge in [0, 0.05) is 20.6 Å². The van der Waals surface area contributed by atoms with E-state index in [1.165, 1.54) is 63.0 Å². The van der Waals surface area contributed by atoms with Crippen LogP contribution in [0.1, 0.15) is 111 Å². The molecule has 1 saturated heterocycles. The van der Waals surface area contributed by atoms with E-state index in [1.807, 2.05) is 13.8 Å². The fourth-order valence-corrected chi connectivity index (χ4v) is 5.22. The zero-order valence-corrected chi connectivity index (χ0v) is 27.5. The zero-order valence-electron chi connectivity index (χ0n) is 27.5. The Bertz CT molecular complexity index is 836. The molecule has 250 valence electrons. The number of likely N-dealkylation sites (N-methyl/N-ethyl adjacent to an activating group) is 1. The molecule has 1 unspecified atom stereocenters. The topological polar surface area (TPSA) is 146 Å². The number of amides is 2. The van der Waals surface area contributed by atoms with Crippen molar-refractivity contribution in [3.63, 3.8) is 0 Å². The molecule has 1 aliphatic heterocycles. The number of rotatable bonds is 21. The highest BCUT2D eigenvalue weighted by molar-refractivity contribution is 5.89. The molecule has 0 aromatic carbocycles. The molecule has 4 N–H and O–H groups in total. The lowest BCUT2D eigenvalue weighted by Crippen LogP contribution is -2.55. The Morgan fingerprint density at radius 1 is 0.953 bits per heavy atom. The average molecular weight is 613 g/mol. The Morgan fingerprint density at radius 2 is 1.56 bits per heavy atom. The van der Waals surface area contributed by atoms with Crippen LogP contribution in [-0.2, 0) is 23.9 Å². The molecule has 0 radical (unpaired) electrons. The van der Waals surface area contributed by atoms with Gasteiger partial charge < -0.3 is 35.0 Å². The molecule has 0 spiro atoms. The number of esters is 1. The van der Waals surface area contributed by atoms with E-state index in [-0.39, 0.29) is 30.8 Å². The quantitative estimate of drug-likeness (QED) is 0.0868. The van der Waals surface area contributed by atoms with Crippen molar-refractivity contribution in [2.45, 2.75) is 148 Å². The number of aliphatic hydroxyl groups excluding tert-OH is 3. The Kier molecular flexibility index (Phi) is 19.6. The fourth-order valence-electron chi connectivity index (χ4n) is 5.22. The minimum absolute atomic E-state index is 0.121. The Morgan fingerprint density at radius 3 is 2.14 bits per heavy atom. The van der Waals surface area contributed by atoms with Crippen LogP contribution in [-0.4, -0.2) is 95.3 Å². The van der Waals surface area contributed by atoms with Gasteiger partial charge >= 0.3 is 5.97 Å². The lowest BCUT2D eigenvalue weighted by Gasteiger charge is -2.28. The summed E-state index contributed by atoms with van der Waals surface area (Å²) in [5.74, 6) is -0.469. The van der Waals surface area contributed by atoms with Gasteiger partial charge in [0.2, 0.25) is 5.91 Å². The molecule has 10 nitrogen and oxygen atoms in total. The number of hydrogen-bond donors (Lipinski definition) is 4. The Balaban J connectivity index is 2.45. The number of unbranched alkanes of at least 4 members (excludes halogenated alkanes) is 7. The molecule has 1 heterocycles. The second-order valence-electron chi connectivity index (χ2n) is 12.6. The van der Waals surface area contributed by atoms with Crippen LogP contribution in [0, 0.1) is 11.8 Å². The second-order valence-corrected chi connectivity index (χ2v) is 12.6. The maximum Gasteiger partial charge on any atom is 0.306 e. The summed E-state index contributed by atoms with van der Waals surface area (Å²) in [6.45, 7) is 8.57. The third-order valence-electron chi connectivity index (χ3n) is 8.28. The van der Waals surface area contributed by atoms with Crippen LogP contribution >= 0.6 is 0 Å². The van der Waals surface area contributed by atoms with Crippen molar-refractivity contribution in [3.8, 4) is 0 Å². The Hall–Kier alpha value is -2.01. The molecule has 1 rings (SSSR count). The number of aliphatic hydroxyl groups is 3. The van der Waals surface area contributed by atoms with Gasteiger partial charge in [-0.05, 0) is 31.1 Å². The standard InChI is InChI=1S/C33H60N2O8/c1-7-24(4)16-14-12-10-8-9-11-13-15-17-28(37)43-25-19-20-26(33(41)35(5)22-25)34-32(40)31(42-6)30(39)29(38)27(36)21-18-23(2)3/h18,21,23-27,29-31,36,38-39H,7-17,19-20,22H2,1-6H3,(H,34,40)/b21-18+/t24?,25-,26-,27+,29-,30+,31+/m0/s1. The van der Waals surface area contributed by atoms with Crippen molar-refractivity contribution >= 4 is 17.8 Å². The van der Waals surface area contributed by atoms with Crippen LogP contribution in [0.2, 0.25) is 0 Å². The molecular formula is C33H60N2O8. The van der Waals surface area contributed by atoms with E-state index in [9.17, 15) is 29.7 Å². The smallest absolute Gasteiger partial charge is 0.306 e. The summed E-state index contributed by atoms with van der Waals surface area (Å²) >= 11 is 0. The lowest BCUT2D eigenvalue weighted by molar-refractivity contribution is -0.151. The minimum atomic E-state index is -1.73. The van der Waals surface area contributed by atoms with Crippen LogP contribution in [0.15, 0.2) is 12.2 Å². The number of methoxy groups -OCH3 is 1. The van der Waals surface area contributed by atoms with E-state index in [1.54, 1.807) is 13.1 Å². The van der Waals surface area contributed by atoms with Crippen LogP contribution < -0.4 is 5.32 Å². The van der Waals surface area contributed by atoms with Crippen LogP contribution in [0.4, 0.5) is 0 Å². The number of allylic oxidation sites excluding steroid dienone is 1. The molecule has 2 amide bonds. The number of ether oxygens (including phenoxy) is 2. The molecule has 0 saturated carbocycles. The third-order valence-corrected chi connectivity index (χ3v) is 8.28. The monoisotopic (exact) mass is 612 g/mol. The predicted octanol–water partition coefficient (Wildman–Crippen LogP) is 3.89.